The molecule has 1 rings (SSSR count). The number of benzene rings is 1. The van der Waals surface area contributed by atoms with Gasteiger partial charge in [0.1, 0.15) is 17.7 Å². The molecular weight excluding hydrogens is 230 g/mol. The van der Waals surface area contributed by atoms with Crippen LogP contribution in [0.1, 0.15) is 5.56 Å². The van der Waals surface area contributed by atoms with Gasteiger partial charge in [0.05, 0.1) is 15.7 Å². The van der Waals surface area contributed by atoms with E-state index in [0.29, 0.717) is 6.07 Å². The minimum atomic E-state index is -0.924. The molecule has 0 aliphatic carbocycles. The van der Waals surface area contributed by atoms with E-state index in [4.69, 9.17) is 11.0 Å². The summed E-state index contributed by atoms with van der Waals surface area (Å²) in [6.07, 6.45) is 0. The molecule has 0 saturated carbocycles. The highest BCUT2D eigenvalue weighted by atomic mass is 79.9. The molecule has 1 aromatic rings. The van der Waals surface area contributed by atoms with E-state index in [-0.39, 0.29) is 15.7 Å². The molecule has 0 atom stereocenters. The lowest BCUT2D eigenvalue weighted by atomic mass is 10.2. The molecule has 62 valence electrons. The van der Waals surface area contributed by atoms with Gasteiger partial charge in [-0.25, -0.2) is 8.78 Å². The largest absolute Gasteiger partial charge is 0.395 e. The standard InChI is InChI=1S/C7H3BrF2N2/c8-6-3(2-11)7(12)5(10)1-4(6)9/h1H,12H2. The Hall–Kier alpha value is -1.15. The summed E-state index contributed by atoms with van der Waals surface area (Å²) in [5, 5.41) is 8.45. The third kappa shape index (κ3) is 1.25. The molecule has 0 aliphatic rings. The zero-order valence-electron chi connectivity index (χ0n) is 5.74. The third-order valence-corrected chi connectivity index (χ3v) is 2.10. The van der Waals surface area contributed by atoms with Crippen molar-refractivity contribution < 1.29 is 8.78 Å². The van der Waals surface area contributed by atoms with E-state index in [1.807, 2.05) is 0 Å². The van der Waals surface area contributed by atoms with Crippen LogP contribution in [-0.4, -0.2) is 0 Å². The Labute approximate surface area is 75.7 Å². The predicted octanol–water partition coefficient (Wildman–Crippen LogP) is 2.18. The maximum absolute atomic E-state index is 12.7. The van der Waals surface area contributed by atoms with Crippen LogP contribution in [0, 0.1) is 23.0 Å². The summed E-state index contributed by atoms with van der Waals surface area (Å²) in [5.74, 6) is -1.76. The van der Waals surface area contributed by atoms with E-state index in [0.717, 1.165) is 0 Å². The first-order chi connectivity index (χ1) is 5.57. The topological polar surface area (TPSA) is 49.8 Å². The Morgan fingerprint density at radius 1 is 1.42 bits per heavy atom. The van der Waals surface area contributed by atoms with E-state index >= 15 is 0 Å². The summed E-state index contributed by atoms with van der Waals surface area (Å²) in [7, 11) is 0. The Balaban J connectivity index is 3.56. The molecule has 0 fully saturated rings. The first kappa shape index (κ1) is 8.94. The van der Waals surface area contributed by atoms with Crippen LogP contribution in [0.4, 0.5) is 14.5 Å². The van der Waals surface area contributed by atoms with Crippen molar-refractivity contribution in [1.82, 2.24) is 0 Å². The fourth-order valence-corrected chi connectivity index (χ4v) is 1.14. The molecule has 12 heavy (non-hydrogen) atoms. The Kier molecular flexibility index (Phi) is 2.29. The van der Waals surface area contributed by atoms with Crippen molar-refractivity contribution in [2.75, 3.05) is 5.73 Å². The monoisotopic (exact) mass is 232 g/mol. The second-order valence-electron chi connectivity index (χ2n) is 2.05. The first-order valence-electron chi connectivity index (χ1n) is 2.91. The lowest BCUT2D eigenvalue weighted by Gasteiger charge is -2.02. The van der Waals surface area contributed by atoms with Crippen LogP contribution in [0.2, 0.25) is 0 Å². The molecule has 2 N–H and O–H groups in total. The van der Waals surface area contributed by atoms with Gasteiger partial charge in [-0.05, 0) is 15.9 Å². The van der Waals surface area contributed by atoms with Crippen LogP contribution >= 0.6 is 15.9 Å². The highest BCUT2D eigenvalue weighted by molar-refractivity contribution is 9.10. The van der Waals surface area contributed by atoms with Crippen LogP contribution in [0.15, 0.2) is 10.5 Å². The van der Waals surface area contributed by atoms with E-state index in [2.05, 4.69) is 15.9 Å². The Morgan fingerprint density at radius 2 is 2.00 bits per heavy atom. The van der Waals surface area contributed by atoms with Crippen molar-refractivity contribution in [3.63, 3.8) is 0 Å². The summed E-state index contributed by atoms with van der Waals surface area (Å²) in [4.78, 5) is 0. The van der Waals surface area contributed by atoms with Crippen LogP contribution in [0.5, 0.6) is 0 Å². The molecule has 0 spiro atoms. The zero-order valence-corrected chi connectivity index (χ0v) is 7.32. The van der Waals surface area contributed by atoms with Crippen LogP contribution in [0.3, 0.4) is 0 Å². The molecule has 0 radical (unpaired) electrons. The highest BCUT2D eigenvalue weighted by Gasteiger charge is 2.13. The van der Waals surface area contributed by atoms with Crippen LogP contribution < -0.4 is 5.73 Å². The molecule has 2 nitrogen and oxygen atoms in total. The summed E-state index contributed by atoms with van der Waals surface area (Å²) in [6, 6.07) is 2.22. The second-order valence-corrected chi connectivity index (χ2v) is 2.85. The minimum absolute atomic E-state index is 0.107. The number of rotatable bonds is 0. The van der Waals surface area contributed by atoms with Crippen molar-refractivity contribution in [3.05, 3.63) is 27.7 Å². The molecule has 1 aromatic carbocycles. The molecule has 0 heterocycles. The lowest BCUT2D eigenvalue weighted by Crippen LogP contribution is -1.98. The number of nitrogen functional groups attached to an aromatic ring is 1. The SMILES string of the molecule is N#Cc1c(N)c(F)cc(F)c1Br. The first-order valence-corrected chi connectivity index (χ1v) is 3.70. The average molecular weight is 233 g/mol. The van der Waals surface area contributed by atoms with Crippen molar-refractivity contribution >= 4 is 21.6 Å². The fraction of sp³-hybridized carbons (Fsp3) is 0. The van der Waals surface area contributed by atoms with Gasteiger partial charge in [0.25, 0.3) is 0 Å². The molecule has 0 saturated heterocycles. The maximum Gasteiger partial charge on any atom is 0.150 e. The quantitative estimate of drug-likeness (QED) is 0.551. The average Bonchev–Trinajstić information content (AvgIpc) is 2.02. The van der Waals surface area contributed by atoms with Gasteiger partial charge < -0.3 is 5.73 Å². The van der Waals surface area contributed by atoms with E-state index in [9.17, 15) is 8.78 Å². The smallest absolute Gasteiger partial charge is 0.150 e. The number of nitrogens with two attached hydrogens (primary N) is 1. The van der Waals surface area contributed by atoms with E-state index in [1.54, 1.807) is 6.07 Å². The van der Waals surface area contributed by atoms with Gasteiger partial charge in [-0.15, -0.1) is 0 Å². The lowest BCUT2D eigenvalue weighted by molar-refractivity contribution is 0.581. The van der Waals surface area contributed by atoms with Gasteiger partial charge in [0, 0.05) is 6.07 Å². The molecule has 5 heteroatoms. The zero-order chi connectivity index (χ0) is 9.30. The van der Waals surface area contributed by atoms with Gasteiger partial charge >= 0.3 is 0 Å². The molecule has 0 unspecified atom stereocenters. The minimum Gasteiger partial charge on any atom is -0.395 e. The van der Waals surface area contributed by atoms with Gasteiger partial charge in [-0.1, -0.05) is 0 Å². The number of nitriles is 1. The summed E-state index contributed by atoms with van der Waals surface area (Å²) < 4.78 is 25.3. The van der Waals surface area contributed by atoms with Crippen LogP contribution in [0.25, 0.3) is 0 Å². The molecule has 0 amide bonds. The molecule has 0 aromatic heterocycles. The number of anilines is 1. The maximum atomic E-state index is 12.7. The van der Waals surface area contributed by atoms with Crippen molar-refractivity contribution in [2.45, 2.75) is 0 Å². The van der Waals surface area contributed by atoms with Crippen LogP contribution in [-0.2, 0) is 0 Å². The number of hydrogen-bond acceptors (Lipinski definition) is 2. The molecule has 0 bridgehead atoms. The van der Waals surface area contributed by atoms with E-state index in [1.165, 1.54) is 0 Å². The van der Waals surface area contributed by atoms with Gasteiger partial charge in [-0.2, -0.15) is 5.26 Å². The van der Waals surface area contributed by atoms with Gasteiger partial charge in [0.2, 0.25) is 0 Å². The van der Waals surface area contributed by atoms with Gasteiger partial charge in [-0.3, -0.25) is 0 Å². The number of nitrogens with zero attached hydrogens (tertiary/aromatic N) is 1. The molecular formula is C7H3BrF2N2. The summed E-state index contributed by atoms with van der Waals surface area (Å²) in [5.41, 5.74) is 4.61. The Bertz CT molecular complexity index is 344. The van der Waals surface area contributed by atoms with Crippen molar-refractivity contribution in [3.8, 4) is 6.07 Å². The van der Waals surface area contributed by atoms with E-state index < -0.39 is 11.6 Å². The Morgan fingerprint density at radius 3 is 2.50 bits per heavy atom. The fourth-order valence-electron chi connectivity index (χ4n) is 0.719. The molecule has 0 aliphatic heterocycles. The third-order valence-electron chi connectivity index (χ3n) is 1.32. The highest BCUT2D eigenvalue weighted by Crippen LogP contribution is 2.27. The normalized spacial score (nSPS) is 9.50. The van der Waals surface area contributed by atoms with Crippen molar-refractivity contribution in [2.24, 2.45) is 0 Å². The summed E-state index contributed by atoms with van der Waals surface area (Å²) >= 11 is 2.78. The summed E-state index contributed by atoms with van der Waals surface area (Å²) in [6.45, 7) is 0. The predicted molar refractivity (Wildman–Crippen MR) is 43.2 cm³/mol. The number of halogens is 3. The van der Waals surface area contributed by atoms with Crippen molar-refractivity contribution in [1.29, 1.82) is 5.26 Å². The second kappa shape index (κ2) is 3.07. The number of hydrogen-bond donors (Lipinski definition) is 1. The van der Waals surface area contributed by atoms with Gasteiger partial charge in [0.15, 0.2) is 0 Å².